The lowest BCUT2D eigenvalue weighted by Crippen LogP contribution is -2.30. The molecule has 1 aliphatic carbocycles. The third kappa shape index (κ3) is 2.69. The maximum Gasteiger partial charge on any atom is 0.274 e. The van der Waals surface area contributed by atoms with Crippen molar-refractivity contribution in [3.8, 4) is 5.75 Å². The van der Waals surface area contributed by atoms with Crippen LogP contribution in [0.4, 0.5) is 17.1 Å². The van der Waals surface area contributed by atoms with Gasteiger partial charge in [0, 0.05) is 18.1 Å². The smallest absolute Gasteiger partial charge is 0.274 e. The lowest BCUT2D eigenvalue weighted by atomic mass is 9.76. The summed E-state index contributed by atoms with van der Waals surface area (Å²) in [6.45, 7) is 0. The zero-order valence-corrected chi connectivity index (χ0v) is 14.5. The first-order valence-corrected chi connectivity index (χ1v) is 8.54. The van der Waals surface area contributed by atoms with E-state index < -0.39 is 4.92 Å². The first kappa shape index (κ1) is 17.0. The van der Waals surface area contributed by atoms with Crippen LogP contribution >= 0.6 is 0 Å². The molecule has 1 heterocycles. The zero-order chi connectivity index (χ0) is 19.1. The maximum atomic E-state index is 11.5. The summed E-state index contributed by atoms with van der Waals surface area (Å²) in [6.07, 6.45) is 4.79. The Morgan fingerprint density at radius 1 is 1.11 bits per heavy atom. The topological polar surface area (TPSA) is 108 Å². The molecule has 0 amide bonds. The molecule has 0 spiro atoms. The highest BCUT2D eigenvalue weighted by Gasteiger charge is 2.42. The number of nitrogens with zero attached hydrogens (tertiary/aromatic N) is 2. The number of hydrogen-bond donors (Lipinski definition) is 1. The van der Waals surface area contributed by atoms with Crippen molar-refractivity contribution < 1.29 is 14.6 Å². The number of fused-ring (bicyclic) bond motifs is 3. The van der Waals surface area contributed by atoms with E-state index in [-0.39, 0.29) is 34.2 Å². The van der Waals surface area contributed by atoms with Crippen LogP contribution in [0.25, 0.3) is 0 Å². The SMILES string of the molecule is COc1cc([N+](=O)[O-])cc2c1N[C@H](c1ccccc1[N+](=O)[O-])[C@@H]1CC=C[C@@H]21. The molecule has 138 valence electrons. The molecule has 2 aromatic carbocycles. The Balaban J connectivity index is 1.88. The minimum Gasteiger partial charge on any atom is -0.494 e. The number of para-hydroxylation sites is 1. The quantitative estimate of drug-likeness (QED) is 0.489. The van der Waals surface area contributed by atoms with Gasteiger partial charge in [0.15, 0.2) is 0 Å². The molecule has 1 N–H and O–H groups in total. The Morgan fingerprint density at radius 3 is 2.59 bits per heavy atom. The van der Waals surface area contributed by atoms with Crippen LogP contribution in [-0.2, 0) is 0 Å². The van der Waals surface area contributed by atoms with E-state index in [4.69, 9.17) is 4.74 Å². The van der Waals surface area contributed by atoms with E-state index in [0.29, 0.717) is 17.0 Å². The van der Waals surface area contributed by atoms with Crippen molar-refractivity contribution in [3.63, 3.8) is 0 Å². The Hall–Kier alpha value is -3.42. The third-order valence-electron chi connectivity index (χ3n) is 5.32. The average Bonchev–Trinajstić information content (AvgIpc) is 3.16. The predicted octanol–water partition coefficient (Wildman–Crippen LogP) is 4.34. The van der Waals surface area contributed by atoms with Gasteiger partial charge < -0.3 is 10.1 Å². The van der Waals surface area contributed by atoms with Gasteiger partial charge in [-0.3, -0.25) is 20.2 Å². The highest BCUT2D eigenvalue weighted by Crippen LogP contribution is 2.54. The Morgan fingerprint density at radius 2 is 1.89 bits per heavy atom. The van der Waals surface area contributed by atoms with Crippen LogP contribution in [0.3, 0.4) is 0 Å². The van der Waals surface area contributed by atoms with E-state index in [1.54, 1.807) is 24.3 Å². The molecule has 1 aliphatic heterocycles. The van der Waals surface area contributed by atoms with Crippen molar-refractivity contribution >= 4 is 17.1 Å². The van der Waals surface area contributed by atoms with Crippen molar-refractivity contribution in [2.75, 3.05) is 12.4 Å². The molecule has 27 heavy (non-hydrogen) atoms. The van der Waals surface area contributed by atoms with Crippen molar-refractivity contribution in [2.45, 2.75) is 18.4 Å². The summed E-state index contributed by atoms with van der Waals surface area (Å²) in [5.41, 5.74) is 2.07. The van der Waals surface area contributed by atoms with E-state index >= 15 is 0 Å². The molecule has 0 unspecified atom stereocenters. The van der Waals surface area contributed by atoms with Gasteiger partial charge in [-0.15, -0.1) is 0 Å². The van der Waals surface area contributed by atoms with Crippen LogP contribution in [0.1, 0.15) is 29.5 Å². The van der Waals surface area contributed by atoms with Crippen molar-refractivity contribution in [1.29, 1.82) is 0 Å². The van der Waals surface area contributed by atoms with Crippen LogP contribution in [0.5, 0.6) is 5.75 Å². The molecule has 8 nitrogen and oxygen atoms in total. The molecule has 4 rings (SSSR count). The second kappa shape index (κ2) is 6.39. The number of rotatable bonds is 4. The molecule has 0 saturated heterocycles. The van der Waals surface area contributed by atoms with E-state index in [1.807, 2.05) is 12.2 Å². The highest BCUT2D eigenvalue weighted by atomic mass is 16.6. The molecule has 0 saturated carbocycles. The minimum atomic E-state index is -0.440. The predicted molar refractivity (Wildman–Crippen MR) is 99.1 cm³/mol. The number of non-ortho nitro benzene ring substituents is 1. The number of hydrogen-bond acceptors (Lipinski definition) is 6. The number of nitrogens with one attached hydrogen (secondary N) is 1. The summed E-state index contributed by atoms with van der Waals surface area (Å²) in [5.74, 6) is 0.326. The minimum absolute atomic E-state index is 0.0319. The summed E-state index contributed by atoms with van der Waals surface area (Å²) in [5, 5.41) is 26.2. The standard InChI is InChI=1S/C19H17N3O5/c1-27-17-10-11(21(23)24)9-15-12-6-4-7-13(12)18(20-19(15)17)14-5-2-3-8-16(14)22(25)26/h2-6,8-10,12-13,18,20H,7H2,1H3/t12-,13-,18+/m1/s1. The molecular weight excluding hydrogens is 350 g/mol. The molecule has 8 heteroatoms. The highest BCUT2D eigenvalue weighted by molar-refractivity contribution is 5.71. The van der Waals surface area contributed by atoms with Crippen molar-refractivity contribution in [1.82, 2.24) is 0 Å². The number of nitro groups is 2. The van der Waals surface area contributed by atoms with Gasteiger partial charge in [-0.2, -0.15) is 0 Å². The van der Waals surface area contributed by atoms with E-state index in [0.717, 1.165) is 12.0 Å². The van der Waals surface area contributed by atoms with Crippen LogP contribution in [0, 0.1) is 26.1 Å². The molecule has 2 aliphatic rings. The maximum absolute atomic E-state index is 11.5. The molecule has 0 radical (unpaired) electrons. The van der Waals surface area contributed by atoms with Crippen LogP contribution < -0.4 is 10.1 Å². The van der Waals surface area contributed by atoms with Crippen LogP contribution in [0.2, 0.25) is 0 Å². The number of anilines is 1. The number of benzene rings is 2. The van der Waals surface area contributed by atoms with Gasteiger partial charge >= 0.3 is 0 Å². The van der Waals surface area contributed by atoms with E-state index in [2.05, 4.69) is 5.32 Å². The summed E-state index contributed by atoms with van der Waals surface area (Å²) in [7, 11) is 1.46. The summed E-state index contributed by atoms with van der Waals surface area (Å²) >= 11 is 0. The van der Waals surface area contributed by atoms with Gasteiger partial charge in [0.1, 0.15) is 5.75 Å². The second-order valence-electron chi connectivity index (χ2n) is 6.66. The Labute approximate surface area is 154 Å². The fourth-order valence-corrected chi connectivity index (χ4v) is 4.14. The third-order valence-corrected chi connectivity index (χ3v) is 5.32. The average molecular weight is 367 g/mol. The van der Waals surface area contributed by atoms with Crippen LogP contribution in [0.15, 0.2) is 48.6 Å². The molecule has 2 aromatic rings. The number of allylic oxidation sites excluding steroid dienone is 2. The molecule has 0 fully saturated rings. The molecule has 0 bridgehead atoms. The van der Waals surface area contributed by atoms with E-state index in [9.17, 15) is 20.2 Å². The Bertz CT molecular complexity index is 972. The Kier molecular flexibility index (Phi) is 4.02. The fourth-order valence-electron chi connectivity index (χ4n) is 4.14. The number of methoxy groups -OCH3 is 1. The molecular formula is C19H17N3O5. The number of nitro benzene ring substituents is 2. The number of ether oxygens (including phenoxy) is 1. The van der Waals surface area contributed by atoms with Gasteiger partial charge in [0.2, 0.25) is 0 Å². The molecule has 3 atom stereocenters. The normalized spacial score (nSPS) is 22.5. The second-order valence-corrected chi connectivity index (χ2v) is 6.66. The fraction of sp³-hybridized carbons (Fsp3) is 0.263. The first-order valence-electron chi connectivity index (χ1n) is 8.54. The summed E-state index contributed by atoms with van der Waals surface area (Å²) < 4.78 is 5.39. The van der Waals surface area contributed by atoms with Gasteiger partial charge in [-0.25, -0.2) is 0 Å². The van der Waals surface area contributed by atoms with Gasteiger partial charge in [-0.05, 0) is 17.9 Å². The largest absolute Gasteiger partial charge is 0.494 e. The first-order chi connectivity index (χ1) is 13.0. The summed E-state index contributed by atoms with van der Waals surface area (Å²) in [6, 6.07) is 9.33. The molecule has 0 aromatic heterocycles. The lowest BCUT2D eigenvalue weighted by Gasteiger charge is -2.37. The lowest BCUT2D eigenvalue weighted by molar-refractivity contribution is -0.385. The van der Waals surface area contributed by atoms with Crippen molar-refractivity contribution in [3.05, 3.63) is 79.9 Å². The zero-order valence-electron chi connectivity index (χ0n) is 14.5. The van der Waals surface area contributed by atoms with Crippen molar-refractivity contribution in [2.24, 2.45) is 5.92 Å². The van der Waals surface area contributed by atoms with Gasteiger partial charge in [0.05, 0.1) is 40.3 Å². The van der Waals surface area contributed by atoms with Gasteiger partial charge in [0.25, 0.3) is 11.4 Å². The van der Waals surface area contributed by atoms with E-state index in [1.165, 1.54) is 19.2 Å². The van der Waals surface area contributed by atoms with Gasteiger partial charge in [-0.1, -0.05) is 30.4 Å². The van der Waals surface area contributed by atoms with Crippen LogP contribution in [-0.4, -0.2) is 17.0 Å². The monoisotopic (exact) mass is 367 g/mol. The summed E-state index contributed by atoms with van der Waals surface area (Å²) in [4.78, 5) is 22.0.